The molecule has 0 aliphatic heterocycles. The van der Waals surface area contributed by atoms with E-state index < -0.39 is 4.92 Å². The normalized spacial score (nSPS) is 10.8. The minimum Gasteiger partial charge on any atom is -0.423 e. The monoisotopic (exact) mass is 289 g/mol. The molecule has 0 saturated carbocycles. The SMILES string of the molecule is Cc1ccsc1CNc1nc2ccc([N+](=O)[O-])cc2o1. The number of non-ortho nitro benzene ring substituents is 1. The van der Waals surface area contributed by atoms with Crippen LogP contribution in [-0.4, -0.2) is 9.91 Å². The lowest BCUT2D eigenvalue weighted by Gasteiger charge is -1.99. The van der Waals surface area contributed by atoms with Crippen molar-refractivity contribution in [2.24, 2.45) is 0 Å². The van der Waals surface area contributed by atoms with Crippen molar-refractivity contribution in [3.63, 3.8) is 0 Å². The predicted octanol–water partition coefficient (Wildman–Crippen LogP) is 3.72. The number of hydrogen-bond acceptors (Lipinski definition) is 6. The summed E-state index contributed by atoms with van der Waals surface area (Å²) in [5, 5.41) is 15.8. The van der Waals surface area contributed by atoms with Gasteiger partial charge in [-0.05, 0) is 30.0 Å². The van der Waals surface area contributed by atoms with E-state index in [1.807, 2.05) is 12.3 Å². The Kier molecular flexibility index (Phi) is 3.11. The van der Waals surface area contributed by atoms with Crippen LogP contribution in [0.3, 0.4) is 0 Å². The molecule has 0 atom stereocenters. The van der Waals surface area contributed by atoms with Gasteiger partial charge in [-0.25, -0.2) is 0 Å². The smallest absolute Gasteiger partial charge is 0.295 e. The summed E-state index contributed by atoms with van der Waals surface area (Å²) >= 11 is 1.66. The predicted molar refractivity (Wildman–Crippen MR) is 77.0 cm³/mol. The van der Waals surface area contributed by atoms with Crippen LogP contribution in [0.4, 0.5) is 11.7 Å². The van der Waals surface area contributed by atoms with Gasteiger partial charge in [0.25, 0.3) is 11.7 Å². The number of rotatable bonds is 4. The molecule has 0 bridgehead atoms. The molecule has 1 N–H and O–H groups in total. The van der Waals surface area contributed by atoms with Gasteiger partial charge in [0.05, 0.1) is 17.5 Å². The van der Waals surface area contributed by atoms with Crippen molar-refractivity contribution in [1.82, 2.24) is 4.98 Å². The van der Waals surface area contributed by atoms with E-state index in [0.29, 0.717) is 23.7 Å². The number of oxazole rings is 1. The number of nitro groups is 1. The topological polar surface area (TPSA) is 81.2 Å². The lowest BCUT2D eigenvalue weighted by molar-refractivity contribution is -0.384. The van der Waals surface area contributed by atoms with Gasteiger partial charge < -0.3 is 9.73 Å². The van der Waals surface area contributed by atoms with Gasteiger partial charge in [-0.1, -0.05) is 0 Å². The molecule has 6 nitrogen and oxygen atoms in total. The summed E-state index contributed by atoms with van der Waals surface area (Å²) in [6, 6.07) is 6.80. The first-order chi connectivity index (χ1) is 9.63. The standard InChI is InChI=1S/C13H11N3O3S/c1-8-4-5-20-12(8)7-14-13-15-10-3-2-9(16(17)18)6-11(10)19-13/h2-6H,7H2,1H3,(H,14,15). The number of anilines is 1. The first kappa shape index (κ1) is 12.6. The molecule has 2 heterocycles. The number of nitrogens with zero attached hydrogens (tertiary/aromatic N) is 2. The van der Waals surface area contributed by atoms with Crippen LogP contribution in [0.5, 0.6) is 0 Å². The molecule has 0 unspecified atom stereocenters. The van der Waals surface area contributed by atoms with Gasteiger partial charge in [0.15, 0.2) is 5.58 Å². The molecule has 2 aromatic heterocycles. The fourth-order valence-corrected chi connectivity index (χ4v) is 2.69. The van der Waals surface area contributed by atoms with Gasteiger partial charge in [0, 0.05) is 10.9 Å². The molecule has 0 fully saturated rings. The molecule has 0 aliphatic rings. The summed E-state index contributed by atoms with van der Waals surface area (Å²) in [5.74, 6) is 0. The van der Waals surface area contributed by atoms with Crippen molar-refractivity contribution in [3.8, 4) is 0 Å². The highest BCUT2D eigenvalue weighted by Gasteiger charge is 2.11. The van der Waals surface area contributed by atoms with Gasteiger partial charge in [-0.3, -0.25) is 10.1 Å². The maximum Gasteiger partial charge on any atom is 0.295 e. The Labute approximate surface area is 118 Å². The van der Waals surface area contributed by atoms with E-state index in [0.717, 1.165) is 0 Å². The molecule has 7 heteroatoms. The molecule has 0 radical (unpaired) electrons. The molecular weight excluding hydrogens is 278 g/mol. The van der Waals surface area contributed by atoms with Crippen molar-refractivity contribution < 1.29 is 9.34 Å². The van der Waals surface area contributed by atoms with Crippen LogP contribution in [0.2, 0.25) is 0 Å². The number of nitro benzene ring substituents is 1. The van der Waals surface area contributed by atoms with E-state index in [-0.39, 0.29) is 5.69 Å². The summed E-state index contributed by atoms with van der Waals surface area (Å²) < 4.78 is 5.47. The summed E-state index contributed by atoms with van der Waals surface area (Å²) in [6.45, 7) is 2.67. The molecule has 0 spiro atoms. The zero-order valence-electron chi connectivity index (χ0n) is 10.6. The van der Waals surface area contributed by atoms with E-state index in [1.165, 1.54) is 22.6 Å². The lowest BCUT2D eigenvalue weighted by atomic mass is 10.3. The van der Waals surface area contributed by atoms with Gasteiger partial charge in [0.2, 0.25) is 0 Å². The molecule has 0 amide bonds. The van der Waals surface area contributed by atoms with Crippen LogP contribution in [0, 0.1) is 17.0 Å². The third-order valence-electron chi connectivity index (χ3n) is 2.95. The van der Waals surface area contributed by atoms with Gasteiger partial charge >= 0.3 is 0 Å². The Morgan fingerprint density at radius 2 is 2.30 bits per heavy atom. The zero-order valence-corrected chi connectivity index (χ0v) is 11.4. The third kappa shape index (κ3) is 2.35. The average Bonchev–Trinajstić information content (AvgIpc) is 3.00. The van der Waals surface area contributed by atoms with E-state index in [1.54, 1.807) is 17.4 Å². The van der Waals surface area contributed by atoms with Gasteiger partial charge in [-0.2, -0.15) is 4.98 Å². The Morgan fingerprint density at radius 3 is 3.00 bits per heavy atom. The number of aromatic nitrogens is 1. The van der Waals surface area contributed by atoms with Gasteiger partial charge in [0.1, 0.15) is 5.52 Å². The van der Waals surface area contributed by atoms with E-state index in [2.05, 4.69) is 16.4 Å². The second-order valence-electron chi connectivity index (χ2n) is 4.31. The van der Waals surface area contributed by atoms with Crippen LogP contribution in [0.1, 0.15) is 10.4 Å². The Balaban J connectivity index is 1.82. The van der Waals surface area contributed by atoms with Crippen LogP contribution < -0.4 is 5.32 Å². The maximum atomic E-state index is 10.7. The fourth-order valence-electron chi connectivity index (χ4n) is 1.84. The second-order valence-corrected chi connectivity index (χ2v) is 5.31. The molecule has 1 aromatic carbocycles. The minimum absolute atomic E-state index is 0.00528. The first-order valence-corrected chi connectivity index (χ1v) is 6.83. The minimum atomic E-state index is -0.454. The molecule has 20 heavy (non-hydrogen) atoms. The fraction of sp³-hybridized carbons (Fsp3) is 0.154. The maximum absolute atomic E-state index is 10.7. The highest BCUT2D eigenvalue weighted by molar-refractivity contribution is 7.10. The summed E-state index contributed by atoms with van der Waals surface area (Å²) in [7, 11) is 0. The average molecular weight is 289 g/mol. The van der Waals surface area contributed by atoms with Crippen LogP contribution in [-0.2, 0) is 6.54 Å². The molecule has 3 aromatic rings. The molecular formula is C13H11N3O3S. The summed E-state index contributed by atoms with van der Waals surface area (Å²) in [5.41, 5.74) is 2.22. The van der Waals surface area contributed by atoms with Crippen LogP contribution in [0.25, 0.3) is 11.1 Å². The van der Waals surface area contributed by atoms with Crippen molar-refractivity contribution in [1.29, 1.82) is 0 Å². The number of fused-ring (bicyclic) bond motifs is 1. The largest absolute Gasteiger partial charge is 0.423 e. The highest BCUT2D eigenvalue weighted by Crippen LogP contribution is 2.24. The van der Waals surface area contributed by atoms with E-state index in [9.17, 15) is 10.1 Å². The lowest BCUT2D eigenvalue weighted by Crippen LogP contribution is -1.98. The Bertz CT molecular complexity index is 778. The molecule has 0 saturated heterocycles. The van der Waals surface area contributed by atoms with Crippen molar-refractivity contribution in [2.45, 2.75) is 13.5 Å². The molecule has 0 aliphatic carbocycles. The Morgan fingerprint density at radius 1 is 1.45 bits per heavy atom. The van der Waals surface area contributed by atoms with Crippen LogP contribution >= 0.6 is 11.3 Å². The van der Waals surface area contributed by atoms with E-state index in [4.69, 9.17) is 4.42 Å². The van der Waals surface area contributed by atoms with Gasteiger partial charge in [-0.15, -0.1) is 11.3 Å². The number of thiophene rings is 1. The quantitative estimate of drug-likeness (QED) is 0.584. The van der Waals surface area contributed by atoms with Crippen LogP contribution in [0.15, 0.2) is 34.1 Å². The molecule has 3 rings (SSSR count). The second kappa shape index (κ2) is 4.93. The van der Waals surface area contributed by atoms with Crippen molar-refractivity contribution in [3.05, 3.63) is 50.2 Å². The zero-order chi connectivity index (χ0) is 14.1. The number of nitrogens with one attached hydrogen (secondary N) is 1. The first-order valence-electron chi connectivity index (χ1n) is 5.95. The Hall–Kier alpha value is -2.41. The third-order valence-corrected chi connectivity index (χ3v) is 3.97. The number of hydrogen-bond donors (Lipinski definition) is 1. The molecule has 102 valence electrons. The number of benzene rings is 1. The van der Waals surface area contributed by atoms with Crippen molar-refractivity contribution in [2.75, 3.05) is 5.32 Å². The van der Waals surface area contributed by atoms with Crippen molar-refractivity contribution >= 4 is 34.1 Å². The highest BCUT2D eigenvalue weighted by atomic mass is 32.1. The summed E-state index contributed by atoms with van der Waals surface area (Å²) in [4.78, 5) is 15.7. The summed E-state index contributed by atoms with van der Waals surface area (Å²) in [6.07, 6.45) is 0. The number of aryl methyl sites for hydroxylation is 1. The van der Waals surface area contributed by atoms with E-state index >= 15 is 0 Å².